The van der Waals surface area contributed by atoms with E-state index in [-0.39, 0.29) is 18.9 Å². The Kier molecular flexibility index (Phi) is 7.89. The quantitative estimate of drug-likeness (QED) is 0.442. The van der Waals surface area contributed by atoms with Crippen molar-refractivity contribution in [2.45, 2.75) is 32.7 Å². The highest BCUT2D eigenvalue weighted by molar-refractivity contribution is 5.82. The molecule has 0 radical (unpaired) electrons. The largest absolute Gasteiger partial charge is 0.493 e. The number of nitrogens with one attached hydrogen (secondary N) is 1. The smallest absolute Gasteiger partial charge is 0.203 e. The Bertz CT molecular complexity index is 1110. The predicted molar refractivity (Wildman–Crippen MR) is 131 cm³/mol. The molecule has 11 nitrogen and oxygen atoms in total. The van der Waals surface area contributed by atoms with Crippen LogP contribution < -0.4 is 19.5 Å². The first-order chi connectivity index (χ1) is 17.0. The maximum absolute atomic E-state index is 9.93. The predicted octanol–water partition coefficient (Wildman–Crippen LogP) is 2.31. The lowest BCUT2D eigenvalue weighted by atomic mass is 10.1. The zero-order valence-corrected chi connectivity index (χ0v) is 20.9. The summed E-state index contributed by atoms with van der Waals surface area (Å²) in [5, 5.41) is 13.3. The lowest BCUT2D eigenvalue weighted by Gasteiger charge is -2.38. The van der Waals surface area contributed by atoms with Gasteiger partial charge < -0.3 is 29.4 Å². The van der Waals surface area contributed by atoms with Gasteiger partial charge in [0.05, 0.1) is 40.4 Å². The van der Waals surface area contributed by atoms with Crippen LogP contribution in [0.1, 0.15) is 25.6 Å². The second-order valence-electron chi connectivity index (χ2n) is 8.94. The Morgan fingerprint density at radius 2 is 1.83 bits per heavy atom. The number of fused-ring (bicyclic) bond motifs is 1. The molecule has 0 spiro atoms. The van der Waals surface area contributed by atoms with Crippen molar-refractivity contribution >= 4 is 17.0 Å². The molecule has 4 rings (SSSR count). The van der Waals surface area contributed by atoms with Crippen molar-refractivity contribution in [3.05, 3.63) is 30.4 Å². The highest BCUT2D eigenvalue weighted by Crippen LogP contribution is 2.39. The zero-order valence-electron chi connectivity index (χ0n) is 20.9. The van der Waals surface area contributed by atoms with Gasteiger partial charge in [-0.3, -0.25) is 9.47 Å². The molecule has 1 fully saturated rings. The van der Waals surface area contributed by atoms with E-state index in [1.807, 2.05) is 16.7 Å². The highest BCUT2D eigenvalue weighted by atomic mass is 16.5. The van der Waals surface area contributed by atoms with Crippen LogP contribution in [-0.2, 0) is 11.3 Å². The Morgan fingerprint density at radius 3 is 2.46 bits per heavy atom. The molecule has 2 N–H and O–H groups in total. The van der Waals surface area contributed by atoms with Crippen LogP contribution in [0.4, 0.5) is 5.82 Å². The van der Waals surface area contributed by atoms with E-state index in [2.05, 4.69) is 39.0 Å². The fraction of sp³-hybridized carbons (Fsp3) is 0.542. The number of rotatable bonds is 10. The molecule has 1 aliphatic rings. The number of hydrogen-bond donors (Lipinski definition) is 2. The van der Waals surface area contributed by atoms with Gasteiger partial charge in [-0.15, -0.1) is 0 Å². The monoisotopic (exact) mass is 486 g/mol. The van der Waals surface area contributed by atoms with Gasteiger partial charge in [-0.2, -0.15) is 0 Å². The molecule has 1 aromatic carbocycles. The van der Waals surface area contributed by atoms with E-state index in [1.54, 1.807) is 27.7 Å². The van der Waals surface area contributed by atoms with E-state index in [9.17, 15) is 5.11 Å². The number of aromatic nitrogens is 4. The number of nitrogens with zero attached hydrogens (tertiary/aromatic N) is 5. The fourth-order valence-corrected chi connectivity index (χ4v) is 4.25. The molecular weight excluding hydrogens is 452 g/mol. The molecule has 0 aliphatic carbocycles. The van der Waals surface area contributed by atoms with E-state index in [1.165, 1.54) is 6.33 Å². The van der Waals surface area contributed by atoms with Crippen LogP contribution in [0.3, 0.4) is 0 Å². The van der Waals surface area contributed by atoms with E-state index in [0.29, 0.717) is 59.8 Å². The van der Waals surface area contributed by atoms with E-state index < -0.39 is 0 Å². The van der Waals surface area contributed by atoms with Crippen LogP contribution in [0.25, 0.3) is 11.2 Å². The maximum Gasteiger partial charge on any atom is 0.203 e. The first kappa shape index (κ1) is 25.0. The van der Waals surface area contributed by atoms with Crippen molar-refractivity contribution in [1.82, 2.24) is 24.4 Å². The maximum atomic E-state index is 9.93. The van der Waals surface area contributed by atoms with Gasteiger partial charge in [-0.05, 0) is 23.6 Å². The van der Waals surface area contributed by atoms with Crippen LogP contribution in [0, 0.1) is 5.92 Å². The summed E-state index contributed by atoms with van der Waals surface area (Å²) < 4.78 is 24.6. The molecule has 3 aromatic rings. The number of aliphatic hydroxyl groups excluding tert-OH is 1. The topological polar surface area (TPSA) is 116 Å². The molecule has 0 unspecified atom stereocenters. The minimum atomic E-state index is -0.374. The molecule has 1 aliphatic heterocycles. The third kappa shape index (κ3) is 5.42. The molecule has 3 heterocycles. The van der Waals surface area contributed by atoms with Gasteiger partial charge >= 0.3 is 0 Å². The first-order valence-electron chi connectivity index (χ1n) is 11.7. The van der Waals surface area contributed by atoms with E-state index in [0.717, 1.165) is 12.1 Å². The van der Waals surface area contributed by atoms with Gasteiger partial charge in [0, 0.05) is 26.2 Å². The third-order valence-electron chi connectivity index (χ3n) is 5.91. The van der Waals surface area contributed by atoms with Gasteiger partial charge in [-0.1, -0.05) is 13.8 Å². The lowest BCUT2D eigenvalue weighted by Crippen LogP contribution is -2.46. The minimum absolute atomic E-state index is 0.0922. The van der Waals surface area contributed by atoms with Gasteiger partial charge in [-0.25, -0.2) is 15.0 Å². The van der Waals surface area contributed by atoms with Crippen LogP contribution >= 0.6 is 0 Å². The Labute approximate surface area is 205 Å². The highest BCUT2D eigenvalue weighted by Gasteiger charge is 2.30. The number of imidazole rings is 1. The van der Waals surface area contributed by atoms with Crippen molar-refractivity contribution in [3.8, 4) is 17.2 Å². The molecular formula is C24H34N6O5. The SMILES string of the molecule is COc1cc(CN2C[C@@H](CO)O[C@@H](n3cnc4c(NCC(C)C)ncnc43)C2)cc(OC)c1OC. The molecule has 0 saturated carbocycles. The number of hydrogen-bond acceptors (Lipinski definition) is 10. The van der Waals surface area contributed by atoms with Crippen LogP contribution in [0.15, 0.2) is 24.8 Å². The van der Waals surface area contributed by atoms with Crippen LogP contribution in [0.5, 0.6) is 17.2 Å². The Morgan fingerprint density at radius 1 is 1.09 bits per heavy atom. The zero-order chi connectivity index (χ0) is 24.9. The fourth-order valence-electron chi connectivity index (χ4n) is 4.25. The van der Waals surface area contributed by atoms with Crippen molar-refractivity contribution in [3.63, 3.8) is 0 Å². The summed E-state index contributed by atoms with van der Waals surface area (Å²) in [4.78, 5) is 15.6. The van der Waals surface area contributed by atoms with Gasteiger partial charge in [0.1, 0.15) is 12.6 Å². The Hall–Kier alpha value is -3.15. The normalized spacial score (nSPS) is 18.7. The first-order valence-corrected chi connectivity index (χ1v) is 11.7. The second kappa shape index (κ2) is 11.1. The summed E-state index contributed by atoms with van der Waals surface area (Å²) in [7, 11) is 4.79. The molecule has 2 atom stereocenters. The number of morpholine rings is 1. The number of ether oxygens (including phenoxy) is 4. The minimum Gasteiger partial charge on any atom is -0.493 e. The number of anilines is 1. The van der Waals surface area contributed by atoms with Gasteiger partial charge in [0.2, 0.25) is 5.75 Å². The third-order valence-corrected chi connectivity index (χ3v) is 5.91. The molecule has 1 saturated heterocycles. The molecule has 35 heavy (non-hydrogen) atoms. The van der Waals surface area contributed by atoms with Gasteiger partial charge in [0.15, 0.2) is 28.5 Å². The second-order valence-corrected chi connectivity index (χ2v) is 8.94. The summed E-state index contributed by atoms with van der Waals surface area (Å²) in [6, 6.07) is 3.87. The number of benzene rings is 1. The molecule has 190 valence electrons. The van der Waals surface area contributed by atoms with Crippen LogP contribution in [-0.4, -0.2) is 83.2 Å². The van der Waals surface area contributed by atoms with Gasteiger partial charge in [0.25, 0.3) is 0 Å². The van der Waals surface area contributed by atoms with E-state index >= 15 is 0 Å². The summed E-state index contributed by atoms with van der Waals surface area (Å²) in [5.41, 5.74) is 2.37. The van der Waals surface area contributed by atoms with Crippen molar-refractivity contribution in [1.29, 1.82) is 0 Å². The standard InChI is InChI=1S/C24H34N6O5/c1-15(2)8-25-23-21-24(27-13-26-23)30(14-28-21)20-11-29(10-17(12-31)35-20)9-16-6-18(32-3)22(34-5)19(7-16)33-4/h6-7,13-15,17,20,31H,8-12H2,1-5H3,(H,25,26,27)/t17-,20+/m0/s1. The summed E-state index contributed by atoms with van der Waals surface area (Å²) in [6.07, 6.45) is 2.53. The molecule has 0 bridgehead atoms. The summed E-state index contributed by atoms with van der Waals surface area (Å²) in [5.74, 6) is 2.93. The van der Waals surface area contributed by atoms with Crippen molar-refractivity contribution in [2.75, 3.05) is 52.9 Å². The molecule has 11 heteroatoms. The number of methoxy groups -OCH3 is 3. The summed E-state index contributed by atoms with van der Waals surface area (Å²) in [6.45, 7) is 6.73. The van der Waals surface area contributed by atoms with Crippen molar-refractivity contribution < 1.29 is 24.1 Å². The summed E-state index contributed by atoms with van der Waals surface area (Å²) >= 11 is 0. The molecule has 2 aromatic heterocycles. The Balaban J connectivity index is 1.59. The molecule has 0 amide bonds. The number of aliphatic hydroxyl groups is 1. The van der Waals surface area contributed by atoms with E-state index in [4.69, 9.17) is 18.9 Å². The van der Waals surface area contributed by atoms with Crippen LogP contribution in [0.2, 0.25) is 0 Å². The lowest BCUT2D eigenvalue weighted by molar-refractivity contribution is -0.135. The van der Waals surface area contributed by atoms with Crippen molar-refractivity contribution in [2.24, 2.45) is 5.92 Å². The average molecular weight is 487 g/mol. The average Bonchev–Trinajstić information content (AvgIpc) is 3.31.